The maximum Gasteiger partial charge on any atom is 0.416 e. The molecular weight excluding hydrogens is 1150 g/mol. The minimum Gasteiger partial charge on any atom is -0.194 e. The van der Waals surface area contributed by atoms with E-state index in [0.29, 0.717) is 5.75 Å². The van der Waals surface area contributed by atoms with Gasteiger partial charge in [0.1, 0.15) is 28.1 Å². The zero-order valence-electron chi connectivity index (χ0n) is 36.2. The number of hydrogen-bond acceptors (Lipinski definition) is 1. The molecule has 1 nitrogen and oxygen atoms in total. The van der Waals surface area contributed by atoms with Gasteiger partial charge in [-0.2, -0.15) is 127 Å². The van der Waals surface area contributed by atoms with Crippen molar-refractivity contribution in [2.24, 2.45) is 0 Å². The molecule has 0 aliphatic rings. The third-order valence-corrected chi connectivity index (χ3v) is 13.7. The first-order chi connectivity index (χ1) is 33.3. The monoisotopic (exact) mass is 1170 g/mol. The van der Waals surface area contributed by atoms with Crippen LogP contribution in [0.1, 0.15) is 50.1 Å². The first-order valence-electron chi connectivity index (χ1n) is 20.0. The van der Waals surface area contributed by atoms with Gasteiger partial charge < -0.3 is 0 Å². The number of hydrogen-bond donors (Lipinski definition) is 0. The van der Waals surface area contributed by atoms with Crippen LogP contribution >= 0.6 is 15.9 Å². The average Bonchev–Trinajstić information content (AvgIpc) is 3.25. The third-order valence-electron chi connectivity index (χ3n) is 11.0. The van der Waals surface area contributed by atoms with E-state index in [4.69, 9.17) is 0 Å². The Labute approximate surface area is 410 Å². The van der Waals surface area contributed by atoms with E-state index in [0.717, 1.165) is 14.9 Å². The van der Waals surface area contributed by atoms with Crippen LogP contribution < -0.4 is 21.9 Å². The van der Waals surface area contributed by atoms with Crippen LogP contribution in [0, 0.1) is 0 Å². The fraction of sp³-hybridized carbons (Fsp3) is 0.217. The molecule has 0 spiro atoms. The molecular formula is C46H26BBrF24OS. The van der Waals surface area contributed by atoms with Gasteiger partial charge in [-0.05, 0) is 48.5 Å². The Morgan fingerprint density at radius 1 is 0.351 bits per heavy atom. The van der Waals surface area contributed by atoms with Crippen molar-refractivity contribution in [1.29, 1.82) is 0 Å². The Kier molecular flexibility index (Phi) is 16.1. The summed E-state index contributed by atoms with van der Waals surface area (Å²) in [6, 6.07) is 8.84. The molecule has 0 saturated carbocycles. The normalized spacial score (nSPS) is 14.3. The third kappa shape index (κ3) is 13.8. The molecule has 6 aromatic rings. The van der Waals surface area contributed by atoms with Gasteiger partial charge in [-0.3, -0.25) is 0 Å². The molecule has 0 heterocycles. The Morgan fingerprint density at radius 3 is 0.770 bits per heavy atom. The standard InChI is InChI=1S/C32H12BF24.C14H14BrOS/c34-25(35,36)13-1-14(26(37,38)39)6-21(5-13)33(22-7-15(27(40,41)42)2-16(8-22)28(43,44)45,23-9-17(29(46,47)48)3-18(10-23)30(49,50)51)24-11-19(31(52,53)54)4-20(12-24)32(55,56)57;1-17(16,14-5-3-2-4-6-14)11-12-7-9-13(15)10-8-12/h1-12H;2-10H,11H2,1H3/q-1;+1. The molecule has 6 rings (SSSR count). The van der Waals surface area contributed by atoms with Gasteiger partial charge in [0, 0.05) is 10.0 Å². The summed E-state index contributed by atoms with van der Waals surface area (Å²) >= 11 is 3.40. The molecule has 0 aliphatic carbocycles. The number of rotatable bonds is 7. The number of halogens is 25. The molecule has 6 aromatic carbocycles. The molecule has 1 unspecified atom stereocenters. The highest BCUT2D eigenvalue weighted by Crippen LogP contribution is 2.41. The zero-order valence-corrected chi connectivity index (χ0v) is 38.6. The minimum absolute atomic E-state index is 0.588. The molecule has 0 bridgehead atoms. The van der Waals surface area contributed by atoms with Crippen LogP contribution in [0.25, 0.3) is 0 Å². The summed E-state index contributed by atoms with van der Waals surface area (Å²) in [4.78, 5) is 0.919. The van der Waals surface area contributed by atoms with Gasteiger partial charge in [-0.1, -0.05) is 99.0 Å². The largest absolute Gasteiger partial charge is 0.416 e. The van der Waals surface area contributed by atoms with Gasteiger partial charge in [0.25, 0.3) is 0 Å². The lowest BCUT2D eigenvalue weighted by molar-refractivity contribution is -0.144. The molecule has 74 heavy (non-hydrogen) atoms. The van der Waals surface area contributed by atoms with Crippen molar-refractivity contribution in [3.05, 3.63) is 182 Å². The van der Waals surface area contributed by atoms with Crippen LogP contribution in [-0.4, -0.2) is 12.4 Å². The van der Waals surface area contributed by atoms with E-state index >= 15 is 0 Å². The van der Waals surface area contributed by atoms with E-state index in [9.17, 15) is 110 Å². The van der Waals surface area contributed by atoms with E-state index in [2.05, 4.69) is 15.9 Å². The van der Waals surface area contributed by atoms with Gasteiger partial charge in [-0.15, -0.1) is 0 Å². The molecule has 0 saturated heterocycles. The summed E-state index contributed by atoms with van der Waals surface area (Å²) in [6.07, 6.45) is -53.0. The molecule has 1 atom stereocenters. The Balaban J connectivity index is 0.000000500. The molecule has 0 radical (unpaired) electrons. The molecule has 0 aliphatic heterocycles. The van der Waals surface area contributed by atoms with Crippen LogP contribution in [0.5, 0.6) is 0 Å². The van der Waals surface area contributed by atoms with E-state index in [1.807, 2.05) is 60.9 Å². The van der Waals surface area contributed by atoms with Crippen molar-refractivity contribution >= 4 is 53.9 Å². The zero-order chi connectivity index (χ0) is 56.2. The second-order valence-electron chi connectivity index (χ2n) is 16.3. The highest BCUT2D eigenvalue weighted by Gasteiger charge is 2.47. The van der Waals surface area contributed by atoms with Crippen LogP contribution in [0.4, 0.5) is 105 Å². The second kappa shape index (κ2) is 20.1. The summed E-state index contributed by atoms with van der Waals surface area (Å²) in [5.74, 6) is 0.588. The fourth-order valence-electron chi connectivity index (χ4n) is 7.76. The quantitative estimate of drug-likeness (QED) is 0.0884. The topological polar surface area (TPSA) is 17.1 Å². The summed E-state index contributed by atoms with van der Waals surface area (Å²) in [6.45, 7) is 0. The highest BCUT2D eigenvalue weighted by atomic mass is 79.9. The van der Waals surface area contributed by atoms with Gasteiger partial charge in [0.15, 0.2) is 4.90 Å². The first kappa shape index (κ1) is 59.2. The van der Waals surface area contributed by atoms with Gasteiger partial charge in [0.05, 0.1) is 44.5 Å². The van der Waals surface area contributed by atoms with Crippen LogP contribution in [0.15, 0.2) is 137 Å². The van der Waals surface area contributed by atoms with Crippen molar-refractivity contribution in [1.82, 2.24) is 0 Å². The lowest BCUT2D eigenvalue weighted by Gasteiger charge is -2.46. The Bertz CT molecular complexity index is 2580. The Hall–Kier alpha value is -5.67. The minimum atomic E-state index is -6.13. The molecule has 400 valence electrons. The molecule has 0 amide bonds. The number of alkyl halides is 24. The van der Waals surface area contributed by atoms with Crippen molar-refractivity contribution in [2.75, 3.05) is 6.26 Å². The maximum atomic E-state index is 14.2. The average molecular weight is 1170 g/mol. The SMILES string of the molecule is C[S+](=O)(Cc1ccc(Br)cc1)c1ccccc1.FC(F)(F)c1cc([B-](c2cc(C(F)(F)F)cc(C(F)(F)F)c2)(c2cc(C(F)(F)F)cc(C(F)(F)F)c2)c2cc(C(F)(F)F)cc(C(F)(F)F)c2)cc(C(F)(F)F)c1. The van der Waals surface area contributed by atoms with Crippen molar-refractivity contribution in [2.45, 2.75) is 60.1 Å². The lowest BCUT2D eigenvalue weighted by Crippen LogP contribution is -2.75. The van der Waals surface area contributed by atoms with E-state index in [1.54, 1.807) is 0 Å². The van der Waals surface area contributed by atoms with Crippen LogP contribution in [-0.2, 0) is 69.3 Å². The summed E-state index contributed by atoms with van der Waals surface area (Å²) < 4.78 is 354. The highest BCUT2D eigenvalue weighted by molar-refractivity contribution is 9.10. The van der Waals surface area contributed by atoms with Crippen LogP contribution in [0.2, 0.25) is 0 Å². The van der Waals surface area contributed by atoms with Gasteiger partial charge in [-0.25, -0.2) is 0 Å². The van der Waals surface area contributed by atoms with Crippen molar-refractivity contribution in [3.8, 4) is 0 Å². The predicted octanol–water partition coefficient (Wildman–Crippen LogP) is 15.4. The summed E-state index contributed by atoms with van der Waals surface area (Å²) in [5, 5.41) is 0. The van der Waals surface area contributed by atoms with E-state index < -0.39 is 205 Å². The smallest absolute Gasteiger partial charge is 0.194 e. The van der Waals surface area contributed by atoms with E-state index in [1.165, 1.54) is 0 Å². The molecule has 0 aromatic heterocycles. The maximum absolute atomic E-state index is 14.2. The van der Waals surface area contributed by atoms with Gasteiger partial charge in [0.2, 0.25) is 0 Å². The predicted molar refractivity (Wildman–Crippen MR) is 227 cm³/mol. The van der Waals surface area contributed by atoms with Gasteiger partial charge >= 0.3 is 49.4 Å². The summed E-state index contributed by atoms with van der Waals surface area (Å²) in [7, 11) is -1.99. The van der Waals surface area contributed by atoms with Crippen molar-refractivity contribution < 1.29 is 110 Å². The first-order valence-corrected chi connectivity index (χ1v) is 22.9. The Morgan fingerprint density at radius 2 is 0.568 bits per heavy atom. The summed E-state index contributed by atoms with van der Waals surface area (Å²) in [5.41, 5.74) is -29.1. The van der Waals surface area contributed by atoms with Crippen molar-refractivity contribution in [3.63, 3.8) is 0 Å². The molecule has 0 N–H and O–H groups in total. The van der Waals surface area contributed by atoms with E-state index in [-0.39, 0.29) is 0 Å². The number of benzene rings is 6. The fourth-order valence-corrected chi connectivity index (χ4v) is 9.75. The van der Waals surface area contributed by atoms with Crippen LogP contribution in [0.3, 0.4) is 0 Å². The molecule has 28 heteroatoms. The lowest BCUT2D eigenvalue weighted by atomic mass is 9.12. The second-order valence-corrected chi connectivity index (χ2v) is 20.0. The molecule has 0 fully saturated rings.